The van der Waals surface area contributed by atoms with E-state index < -0.39 is 0 Å². The van der Waals surface area contributed by atoms with Crippen LogP contribution in [0.15, 0.2) is 35.4 Å². The van der Waals surface area contributed by atoms with Gasteiger partial charge in [0.15, 0.2) is 0 Å². The largest absolute Gasteiger partial charge is 0.508 e. The molecule has 2 N–H and O–H groups in total. The molecule has 0 bridgehead atoms. The molecule has 0 saturated carbocycles. The lowest BCUT2D eigenvalue weighted by molar-refractivity contribution is 0.439. The molecule has 0 radical (unpaired) electrons. The number of hydrogen-bond acceptors (Lipinski definition) is 3. The maximum atomic E-state index is 10.2. The molecule has 134 valence electrons. The molecule has 1 aromatic rings. The summed E-state index contributed by atoms with van der Waals surface area (Å²) in [5, 5.41) is 20.5. The molecule has 3 heteroatoms. The van der Waals surface area contributed by atoms with Gasteiger partial charge in [0, 0.05) is 5.56 Å². The highest BCUT2D eigenvalue weighted by Crippen LogP contribution is 2.30. The molecular formula is C21H32O2S. The predicted octanol–water partition coefficient (Wildman–Crippen LogP) is 6.02. The van der Waals surface area contributed by atoms with Gasteiger partial charge in [0.25, 0.3) is 0 Å². The van der Waals surface area contributed by atoms with Gasteiger partial charge < -0.3 is 10.2 Å². The minimum Gasteiger partial charge on any atom is -0.508 e. The average Bonchev–Trinajstić information content (AvgIpc) is 2.50. The smallest absolute Gasteiger partial charge is 0.123 e. The van der Waals surface area contributed by atoms with E-state index in [9.17, 15) is 10.2 Å². The zero-order valence-corrected chi connectivity index (χ0v) is 16.4. The van der Waals surface area contributed by atoms with E-state index in [1.165, 1.54) is 11.1 Å². The van der Waals surface area contributed by atoms with Crippen molar-refractivity contribution < 1.29 is 10.2 Å². The van der Waals surface area contributed by atoms with Crippen LogP contribution in [0.2, 0.25) is 0 Å². The van der Waals surface area contributed by atoms with Crippen molar-refractivity contribution >= 4 is 11.8 Å². The summed E-state index contributed by atoms with van der Waals surface area (Å²) in [6.07, 6.45) is 12.2. The van der Waals surface area contributed by atoms with E-state index in [4.69, 9.17) is 0 Å². The number of phenolic OH excluding ortho intramolecular Hbond substituents is 2. The van der Waals surface area contributed by atoms with Gasteiger partial charge in [-0.25, -0.2) is 0 Å². The van der Waals surface area contributed by atoms with Crippen molar-refractivity contribution in [3.8, 4) is 11.5 Å². The Hall–Kier alpha value is -1.35. The lowest BCUT2D eigenvalue weighted by Crippen LogP contribution is -1.92. The Morgan fingerprint density at radius 3 is 2.29 bits per heavy atom. The van der Waals surface area contributed by atoms with Gasteiger partial charge in [-0.2, -0.15) is 11.8 Å². The molecular weight excluding hydrogens is 316 g/mol. The van der Waals surface area contributed by atoms with Crippen LogP contribution < -0.4 is 0 Å². The maximum absolute atomic E-state index is 10.2. The van der Waals surface area contributed by atoms with Gasteiger partial charge >= 0.3 is 0 Å². The molecule has 0 aromatic heterocycles. The highest BCUT2D eigenvalue weighted by Gasteiger charge is 2.09. The van der Waals surface area contributed by atoms with Crippen LogP contribution in [0.4, 0.5) is 0 Å². The second-order valence-corrected chi connectivity index (χ2v) is 7.62. The molecule has 0 atom stereocenters. The Morgan fingerprint density at radius 2 is 1.71 bits per heavy atom. The highest BCUT2D eigenvalue weighted by atomic mass is 32.2. The van der Waals surface area contributed by atoms with Crippen molar-refractivity contribution in [3.63, 3.8) is 0 Å². The Kier molecular flexibility index (Phi) is 9.70. The molecule has 0 spiro atoms. The van der Waals surface area contributed by atoms with Crippen LogP contribution >= 0.6 is 11.8 Å². The van der Waals surface area contributed by atoms with Crippen molar-refractivity contribution in [1.82, 2.24) is 0 Å². The van der Waals surface area contributed by atoms with E-state index in [0.29, 0.717) is 12.0 Å². The first kappa shape index (κ1) is 20.7. The molecule has 0 fully saturated rings. The zero-order valence-electron chi connectivity index (χ0n) is 15.6. The first-order valence-corrected chi connectivity index (χ1v) is 10.1. The van der Waals surface area contributed by atoms with Crippen LogP contribution in [0.3, 0.4) is 0 Å². The monoisotopic (exact) mass is 348 g/mol. The number of thioether (sulfide) groups is 1. The Bertz CT molecular complexity index is 546. The average molecular weight is 349 g/mol. The lowest BCUT2D eigenvalue weighted by Gasteiger charge is -2.09. The number of aryl methyl sites for hydroxylation is 1. The van der Waals surface area contributed by atoms with Crippen LogP contribution in [0.25, 0.3) is 0 Å². The summed E-state index contributed by atoms with van der Waals surface area (Å²) in [6.45, 7) is 6.32. The van der Waals surface area contributed by atoms with Gasteiger partial charge in [-0.3, -0.25) is 0 Å². The quantitative estimate of drug-likeness (QED) is 0.401. The number of rotatable bonds is 10. The SMILES string of the molecule is CSCCCCc1cc(O)c(C/C=C(\C)CCC=C(C)C)c(O)c1. The summed E-state index contributed by atoms with van der Waals surface area (Å²) in [7, 11) is 0. The summed E-state index contributed by atoms with van der Waals surface area (Å²) in [5.74, 6) is 1.58. The first-order valence-electron chi connectivity index (χ1n) is 8.75. The first-order chi connectivity index (χ1) is 11.4. The van der Waals surface area contributed by atoms with Crippen molar-refractivity contribution in [2.24, 2.45) is 0 Å². The Balaban J connectivity index is 2.63. The number of unbranched alkanes of at least 4 members (excludes halogenated alkanes) is 1. The molecule has 1 aromatic carbocycles. The fourth-order valence-electron chi connectivity index (χ4n) is 2.59. The second-order valence-electron chi connectivity index (χ2n) is 6.64. The van der Waals surface area contributed by atoms with E-state index in [0.717, 1.165) is 43.4 Å². The predicted molar refractivity (Wildman–Crippen MR) is 107 cm³/mol. The van der Waals surface area contributed by atoms with E-state index in [2.05, 4.69) is 39.2 Å². The zero-order chi connectivity index (χ0) is 17.9. The summed E-state index contributed by atoms with van der Waals surface area (Å²) < 4.78 is 0. The third kappa shape index (κ3) is 7.96. The van der Waals surface area contributed by atoms with Gasteiger partial charge in [-0.05, 0) is 89.0 Å². The molecule has 0 unspecified atom stereocenters. The van der Waals surface area contributed by atoms with Crippen LogP contribution in [0.1, 0.15) is 57.6 Å². The number of hydrogen-bond donors (Lipinski definition) is 2. The normalized spacial score (nSPS) is 11.6. The molecule has 0 aliphatic heterocycles. The molecule has 0 heterocycles. The Morgan fingerprint density at radius 1 is 1.04 bits per heavy atom. The molecule has 0 saturated heterocycles. The van der Waals surface area contributed by atoms with Crippen LogP contribution in [-0.2, 0) is 12.8 Å². The molecule has 1 rings (SSSR count). The fraction of sp³-hybridized carbons (Fsp3) is 0.524. The van der Waals surface area contributed by atoms with E-state index in [1.54, 1.807) is 12.1 Å². The van der Waals surface area contributed by atoms with Crippen molar-refractivity contribution in [1.29, 1.82) is 0 Å². The topological polar surface area (TPSA) is 40.5 Å². The maximum Gasteiger partial charge on any atom is 0.123 e. The molecule has 2 nitrogen and oxygen atoms in total. The third-order valence-electron chi connectivity index (χ3n) is 4.07. The minimum atomic E-state index is 0.211. The van der Waals surface area contributed by atoms with Crippen LogP contribution in [-0.4, -0.2) is 22.2 Å². The second kappa shape index (κ2) is 11.2. The standard InChI is InChI=1S/C21H32O2S/c1-16(2)8-7-9-17(3)11-12-19-20(22)14-18(15-21(19)23)10-5-6-13-24-4/h8,11,14-15,22-23H,5-7,9-10,12-13H2,1-4H3/b17-11+. The molecule has 24 heavy (non-hydrogen) atoms. The summed E-state index contributed by atoms with van der Waals surface area (Å²) >= 11 is 1.85. The summed E-state index contributed by atoms with van der Waals surface area (Å²) in [6, 6.07) is 3.61. The van der Waals surface area contributed by atoms with Gasteiger partial charge in [-0.1, -0.05) is 23.3 Å². The third-order valence-corrected chi connectivity index (χ3v) is 4.77. The Labute approximate surface area is 151 Å². The molecule has 0 amide bonds. The van der Waals surface area contributed by atoms with Crippen molar-refractivity contribution in [2.75, 3.05) is 12.0 Å². The molecule has 0 aliphatic carbocycles. The summed E-state index contributed by atoms with van der Waals surface area (Å²) in [5.41, 5.74) is 4.27. The summed E-state index contributed by atoms with van der Waals surface area (Å²) in [4.78, 5) is 0. The van der Waals surface area contributed by atoms with E-state index in [-0.39, 0.29) is 11.5 Å². The van der Waals surface area contributed by atoms with Crippen LogP contribution in [0, 0.1) is 0 Å². The number of benzene rings is 1. The highest BCUT2D eigenvalue weighted by molar-refractivity contribution is 7.98. The minimum absolute atomic E-state index is 0.211. The van der Waals surface area contributed by atoms with Crippen molar-refractivity contribution in [3.05, 3.63) is 46.6 Å². The van der Waals surface area contributed by atoms with Crippen LogP contribution in [0.5, 0.6) is 11.5 Å². The van der Waals surface area contributed by atoms with E-state index >= 15 is 0 Å². The van der Waals surface area contributed by atoms with Gasteiger partial charge in [-0.15, -0.1) is 0 Å². The molecule has 0 aliphatic rings. The fourth-order valence-corrected chi connectivity index (χ4v) is 3.09. The lowest BCUT2D eigenvalue weighted by atomic mass is 10.0. The van der Waals surface area contributed by atoms with Gasteiger partial charge in [0.05, 0.1) is 0 Å². The van der Waals surface area contributed by atoms with Crippen molar-refractivity contribution in [2.45, 2.75) is 59.3 Å². The number of allylic oxidation sites excluding steroid dienone is 4. The van der Waals surface area contributed by atoms with E-state index in [1.807, 2.05) is 11.8 Å². The number of phenols is 2. The van der Waals surface area contributed by atoms with Gasteiger partial charge in [0.2, 0.25) is 0 Å². The number of aromatic hydroxyl groups is 2. The van der Waals surface area contributed by atoms with Gasteiger partial charge in [0.1, 0.15) is 11.5 Å².